The molecule has 0 aromatic carbocycles. The van der Waals surface area contributed by atoms with E-state index < -0.39 is 0 Å². The molecule has 2 unspecified atom stereocenters. The first-order valence-electron chi connectivity index (χ1n) is 5.19. The van der Waals surface area contributed by atoms with Crippen molar-refractivity contribution >= 4 is 11.9 Å². The van der Waals surface area contributed by atoms with E-state index in [4.69, 9.17) is 9.47 Å². The third-order valence-electron chi connectivity index (χ3n) is 2.65. The van der Waals surface area contributed by atoms with Gasteiger partial charge >= 0.3 is 5.97 Å². The maximum absolute atomic E-state index is 11.2. The summed E-state index contributed by atoms with van der Waals surface area (Å²) in [6.07, 6.45) is 0.249. The third kappa shape index (κ3) is 1.97. The topological polar surface area (TPSA) is 55.8 Å². The van der Waals surface area contributed by atoms with Gasteiger partial charge in [-0.2, -0.15) is 0 Å². The van der Waals surface area contributed by atoms with Crippen molar-refractivity contribution in [3.63, 3.8) is 0 Å². The van der Waals surface area contributed by atoms with Crippen molar-refractivity contribution in [2.45, 2.75) is 32.6 Å². The van der Waals surface area contributed by atoms with Crippen molar-refractivity contribution < 1.29 is 19.1 Å². The molecule has 2 rings (SSSR count). The Morgan fingerprint density at radius 3 is 2.93 bits per heavy atom. The summed E-state index contributed by atoms with van der Waals surface area (Å²) in [4.78, 5) is 23.9. The minimum Gasteiger partial charge on any atom is -0.463 e. The number of β-lactam (4-membered cyclic amide) rings is 1. The van der Waals surface area contributed by atoms with Gasteiger partial charge in [-0.15, -0.1) is 0 Å². The molecule has 2 atom stereocenters. The Kier molecular flexibility index (Phi) is 2.65. The van der Waals surface area contributed by atoms with E-state index in [-0.39, 0.29) is 36.7 Å². The highest BCUT2D eigenvalue weighted by atomic mass is 16.6. The molecule has 0 N–H and O–H groups in total. The van der Waals surface area contributed by atoms with Crippen LogP contribution in [0.1, 0.15) is 20.3 Å². The molecule has 0 aromatic heterocycles. The highest BCUT2D eigenvalue weighted by Gasteiger charge is 2.45. The van der Waals surface area contributed by atoms with Crippen LogP contribution in [0.25, 0.3) is 0 Å². The molecule has 0 bridgehead atoms. The Labute approximate surface area is 88.3 Å². The van der Waals surface area contributed by atoms with Crippen LogP contribution >= 0.6 is 0 Å². The summed E-state index contributed by atoms with van der Waals surface area (Å²) in [7, 11) is 0. The number of carbonyl (C=O) groups is 2. The molecule has 2 heterocycles. The molecule has 2 saturated heterocycles. The van der Waals surface area contributed by atoms with Gasteiger partial charge in [-0.3, -0.25) is 9.59 Å². The minimum absolute atomic E-state index is 0.0692. The largest absolute Gasteiger partial charge is 0.463 e. The molecule has 0 saturated carbocycles. The zero-order valence-corrected chi connectivity index (χ0v) is 8.93. The predicted molar refractivity (Wildman–Crippen MR) is 50.8 cm³/mol. The van der Waals surface area contributed by atoms with Gasteiger partial charge in [-0.05, 0) is 0 Å². The van der Waals surface area contributed by atoms with Crippen LogP contribution in [-0.4, -0.2) is 42.3 Å². The van der Waals surface area contributed by atoms with Crippen LogP contribution in [0.15, 0.2) is 0 Å². The first-order valence-corrected chi connectivity index (χ1v) is 5.19. The predicted octanol–water partition coefficient (Wildman–Crippen LogP) is 0.143. The lowest BCUT2D eigenvalue weighted by molar-refractivity contribution is -0.160. The van der Waals surface area contributed by atoms with Crippen molar-refractivity contribution in [1.29, 1.82) is 0 Å². The Hall–Kier alpha value is -1.10. The number of nitrogens with zero attached hydrogens (tertiary/aromatic N) is 1. The first-order chi connectivity index (χ1) is 7.08. The molecule has 2 aliphatic heterocycles. The summed E-state index contributed by atoms with van der Waals surface area (Å²) < 4.78 is 10.5. The number of carbonyl (C=O) groups excluding carboxylic acids is 2. The summed E-state index contributed by atoms with van der Waals surface area (Å²) in [6.45, 7) is 4.37. The number of fused-ring (bicyclic) bond motifs is 1. The maximum Gasteiger partial charge on any atom is 0.308 e. The molecule has 0 radical (unpaired) electrons. The lowest BCUT2D eigenvalue weighted by Gasteiger charge is -2.31. The zero-order valence-electron chi connectivity index (χ0n) is 8.93. The third-order valence-corrected chi connectivity index (χ3v) is 2.65. The van der Waals surface area contributed by atoms with Gasteiger partial charge in [0.15, 0.2) is 0 Å². The van der Waals surface area contributed by atoms with Gasteiger partial charge in [0.05, 0.1) is 18.9 Å². The van der Waals surface area contributed by atoms with Crippen LogP contribution in [0.5, 0.6) is 0 Å². The second kappa shape index (κ2) is 3.81. The first kappa shape index (κ1) is 10.4. The van der Waals surface area contributed by atoms with Crippen molar-refractivity contribution in [3.8, 4) is 0 Å². The van der Waals surface area contributed by atoms with Gasteiger partial charge in [-0.25, -0.2) is 0 Å². The summed E-state index contributed by atoms with van der Waals surface area (Å²) in [5.41, 5.74) is 0. The van der Waals surface area contributed by atoms with Gasteiger partial charge in [0, 0.05) is 0 Å². The van der Waals surface area contributed by atoms with E-state index in [9.17, 15) is 9.59 Å². The molecule has 15 heavy (non-hydrogen) atoms. The Balaban J connectivity index is 1.74. The van der Waals surface area contributed by atoms with Crippen molar-refractivity contribution in [2.24, 2.45) is 5.92 Å². The molecule has 5 heteroatoms. The fourth-order valence-electron chi connectivity index (χ4n) is 1.68. The molecule has 0 aromatic rings. The van der Waals surface area contributed by atoms with E-state index in [1.54, 1.807) is 18.7 Å². The van der Waals surface area contributed by atoms with Gasteiger partial charge in [0.25, 0.3) is 0 Å². The Bertz CT molecular complexity index is 289. The van der Waals surface area contributed by atoms with Gasteiger partial charge in [-0.1, -0.05) is 13.8 Å². The molecule has 1 amide bonds. The zero-order chi connectivity index (χ0) is 11.0. The van der Waals surface area contributed by atoms with Gasteiger partial charge in [0.1, 0.15) is 18.9 Å². The quantitative estimate of drug-likeness (QED) is 0.494. The van der Waals surface area contributed by atoms with Crippen molar-refractivity contribution in [2.75, 3.05) is 13.2 Å². The van der Waals surface area contributed by atoms with Crippen LogP contribution in [-0.2, 0) is 19.1 Å². The van der Waals surface area contributed by atoms with E-state index in [0.29, 0.717) is 13.0 Å². The average molecular weight is 213 g/mol. The van der Waals surface area contributed by atoms with Crippen LogP contribution < -0.4 is 0 Å². The fraction of sp³-hybridized carbons (Fsp3) is 0.800. The van der Waals surface area contributed by atoms with E-state index in [0.717, 1.165) is 0 Å². The molecular formula is C10H15NO4. The molecule has 84 valence electrons. The van der Waals surface area contributed by atoms with E-state index >= 15 is 0 Å². The summed E-state index contributed by atoms with van der Waals surface area (Å²) in [6, 6.07) is 0. The van der Waals surface area contributed by atoms with Gasteiger partial charge in [0.2, 0.25) is 5.91 Å². The Morgan fingerprint density at radius 1 is 1.67 bits per heavy atom. The molecule has 5 nitrogen and oxygen atoms in total. The van der Waals surface area contributed by atoms with Crippen molar-refractivity contribution in [3.05, 3.63) is 0 Å². The SMILES string of the molecule is CC(C)C(=O)OCC1CN2C(=O)CC2O1. The van der Waals surface area contributed by atoms with E-state index in [1.165, 1.54) is 0 Å². The van der Waals surface area contributed by atoms with Crippen molar-refractivity contribution in [1.82, 2.24) is 4.90 Å². The van der Waals surface area contributed by atoms with Crippen LogP contribution in [0.2, 0.25) is 0 Å². The summed E-state index contributed by atoms with van der Waals surface area (Å²) in [5.74, 6) is -0.220. The number of amides is 1. The average Bonchev–Trinajstić information content (AvgIpc) is 2.51. The number of rotatable bonds is 3. The lowest BCUT2D eigenvalue weighted by atomic mass is 10.2. The smallest absolute Gasteiger partial charge is 0.308 e. The molecular weight excluding hydrogens is 198 g/mol. The number of esters is 1. The summed E-state index contributed by atoms with van der Waals surface area (Å²) >= 11 is 0. The molecule has 2 aliphatic rings. The summed E-state index contributed by atoms with van der Waals surface area (Å²) in [5, 5.41) is 0. The monoisotopic (exact) mass is 213 g/mol. The highest BCUT2D eigenvalue weighted by Crippen LogP contribution is 2.28. The number of hydrogen-bond acceptors (Lipinski definition) is 4. The second-order valence-corrected chi connectivity index (χ2v) is 4.25. The highest BCUT2D eigenvalue weighted by molar-refractivity contribution is 5.83. The lowest BCUT2D eigenvalue weighted by Crippen LogP contribution is -2.48. The molecule has 2 fully saturated rings. The molecule has 0 aliphatic carbocycles. The second-order valence-electron chi connectivity index (χ2n) is 4.25. The minimum atomic E-state index is -0.223. The van der Waals surface area contributed by atoms with Crippen LogP contribution in [0.4, 0.5) is 0 Å². The maximum atomic E-state index is 11.2. The van der Waals surface area contributed by atoms with Gasteiger partial charge < -0.3 is 14.4 Å². The standard InChI is InChI=1S/C10H15NO4/c1-6(2)10(13)14-5-7-4-11-8(12)3-9(11)15-7/h6-7,9H,3-5H2,1-2H3. The van der Waals surface area contributed by atoms with Crippen LogP contribution in [0, 0.1) is 5.92 Å². The Morgan fingerprint density at radius 2 is 2.40 bits per heavy atom. The van der Waals surface area contributed by atoms with Crippen LogP contribution in [0.3, 0.4) is 0 Å². The normalized spacial score (nSPS) is 29.0. The number of hydrogen-bond donors (Lipinski definition) is 0. The number of ether oxygens (including phenoxy) is 2. The van der Waals surface area contributed by atoms with E-state index in [1.807, 2.05) is 0 Å². The molecule has 0 spiro atoms. The van der Waals surface area contributed by atoms with E-state index in [2.05, 4.69) is 0 Å². The fourth-order valence-corrected chi connectivity index (χ4v) is 1.68.